The van der Waals surface area contributed by atoms with Gasteiger partial charge in [-0.2, -0.15) is 0 Å². The smallest absolute Gasteiger partial charge is 0.0476 e. The molecule has 0 radical (unpaired) electrons. The van der Waals surface area contributed by atoms with Crippen molar-refractivity contribution in [3.63, 3.8) is 0 Å². The van der Waals surface area contributed by atoms with Crippen molar-refractivity contribution in [1.82, 2.24) is 0 Å². The van der Waals surface area contributed by atoms with Gasteiger partial charge in [-0.05, 0) is 30.4 Å². The molecule has 2 atom stereocenters. The molecule has 1 aliphatic rings. The molecule has 1 aromatic carbocycles. The fraction of sp³-hybridized carbons (Fsp3) is 0.500. The van der Waals surface area contributed by atoms with Crippen LogP contribution in [0.4, 0.5) is 5.69 Å². The van der Waals surface area contributed by atoms with Crippen LogP contribution in [0, 0.1) is 5.92 Å². The van der Waals surface area contributed by atoms with Gasteiger partial charge in [0.1, 0.15) is 0 Å². The molecule has 0 fully saturated rings. The molecule has 2 N–H and O–H groups in total. The summed E-state index contributed by atoms with van der Waals surface area (Å²) in [7, 11) is 0. The Morgan fingerprint density at radius 3 is 3.07 bits per heavy atom. The highest BCUT2D eigenvalue weighted by atomic mass is 16.3. The topological polar surface area (TPSA) is 32.3 Å². The molecule has 2 unspecified atom stereocenters. The van der Waals surface area contributed by atoms with Crippen molar-refractivity contribution < 1.29 is 5.11 Å². The molecule has 2 rings (SSSR count). The van der Waals surface area contributed by atoms with Crippen molar-refractivity contribution >= 4 is 5.69 Å². The predicted molar refractivity (Wildman–Crippen MR) is 58.4 cm³/mol. The number of nitrogens with one attached hydrogen (secondary N) is 1. The molecule has 0 aromatic heterocycles. The quantitative estimate of drug-likeness (QED) is 0.749. The van der Waals surface area contributed by atoms with Crippen molar-refractivity contribution in [2.75, 3.05) is 11.9 Å². The van der Waals surface area contributed by atoms with Crippen LogP contribution in [-0.2, 0) is 6.42 Å². The first-order chi connectivity index (χ1) is 6.81. The largest absolute Gasteiger partial charge is 0.396 e. The Morgan fingerprint density at radius 1 is 1.50 bits per heavy atom. The molecular formula is C12H17NO. The van der Waals surface area contributed by atoms with Crippen LogP contribution in [0.2, 0.25) is 0 Å². The number of aliphatic hydroxyl groups is 1. The highest BCUT2D eigenvalue weighted by Crippen LogP contribution is 2.26. The van der Waals surface area contributed by atoms with E-state index >= 15 is 0 Å². The lowest BCUT2D eigenvalue weighted by atomic mass is 9.91. The Balaban J connectivity index is 2.13. The fourth-order valence-corrected chi connectivity index (χ4v) is 2.02. The third-order valence-corrected chi connectivity index (χ3v) is 3.06. The number of fused-ring (bicyclic) bond motifs is 1. The van der Waals surface area contributed by atoms with E-state index in [2.05, 4.69) is 36.5 Å². The molecule has 0 aliphatic carbocycles. The van der Waals surface area contributed by atoms with E-state index in [1.165, 1.54) is 11.3 Å². The predicted octanol–water partition coefficient (Wildman–Crippen LogP) is 2.04. The van der Waals surface area contributed by atoms with Gasteiger partial charge in [-0.1, -0.05) is 25.1 Å². The Labute approximate surface area is 85.0 Å². The van der Waals surface area contributed by atoms with E-state index in [-0.39, 0.29) is 6.61 Å². The van der Waals surface area contributed by atoms with Crippen molar-refractivity contribution in [3.8, 4) is 0 Å². The SMILES string of the molecule is CC(CO)C1CCc2ccccc2N1. The zero-order chi connectivity index (χ0) is 9.97. The molecule has 0 saturated carbocycles. The number of para-hydroxylation sites is 1. The van der Waals surface area contributed by atoms with E-state index in [0.29, 0.717) is 12.0 Å². The molecule has 2 nitrogen and oxygen atoms in total. The molecular weight excluding hydrogens is 174 g/mol. The minimum Gasteiger partial charge on any atom is -0.396 e. The van der Waals surface area contributed by atoms with Gasteiger partial charge in [-0.15, -0.1) is 0 Å². The fourth-order valence-electron chi connectivity index (χ4n) is 2.02. The zero-order valence-corrected chi connectivity index (χ0v) is 8.53. The second-order valence-electron chi connectivity index (χ2n) is 4.11. The lowest BCUT2D eigenvalue weighted by Crippen LogP contribution is -2.33. The summed E-state index contributed by atoms with van der Waals surface area (Å²) < 4.78 is 0. The van der Waals surface area contributed by atoms with E-state index in [1.807, 2.05) is 0 Å². The molecule has 14 heavy (non-hydrogen) atoms. The molecule has 76 valence electrons. The Hall–Kier alpha value is -1.02. The number of rotatable bonds is 2. The standard InChI is InChI=1S/C12H17NO/c1-9(8-14)11-7-6-10-4-2-3-5-12(10)13-11/h2-5,9,11,13-14H,6-8H2,1H3. The molecule has 0 saturated heterocycles. The summed E-state index contributed by atoms with van der Waals surface area (Å²) in [5.41, 5.74) is 2.64. The van der Waals surface area contributed by atoms with Crippen molar-refractivity contribution in [2.24, 2.45) is 5.92 Å². The van der Waals surface area contributed by atoms with Crippen LogP contribution in [0.15, 0.2) is 24.3 Å². The van der Waals surface area contributed by atoms with E-state index < -0.39 is 0 Å². The zero-order valence-electron chi connectivity index (χ0n) is 8.53. The van der Waals surface area contributed by atoms with Crippen LogP contribution < -0.4 is 5.32 Å². The van der Waals surface area contributed by atoms with Crippen LogP contribution in [0.3, 0.4) is 0 Å². The molecule has 2 heteroatoms. The average molecular weight is 191 g/mol. The van der Waals surface area contributed by atoms with Crippen molar-refractivity contribution in [3.05, 3.63) is 29.8 Å². The minimum absolute atomic E-state index is 0.264. The van der Waals surface area contributed by atoms with E-state index in [1.54, 1.807) is 0 Å². The van der Waals surface area contributed by atoms with Crippen LogP contribution >= 0.6 is 0 Å². The summed E-state index contributed by atoms with van der Waals surface area (Å²) in [5, 5.41) is 12.6. The minimum atomic E-state index is 0.264. The first-order valence-corrected chi connectivity index (χ1v) is 5.26. The highest BCUT2D eigenvalue weighted by Gasteiger charge is 2.21. The number of benzene rings is 1. The second kappa shape index (κ2) is 4.01. The summed E-state index contributed by atoms with van der Waals surface area (Å²) in [6, 6.07) is 8.84. The van der Waals surface area contributed by atoms with Gasteiger partial charge >= 0.3 is 0 Å². The van der Waals surface area contributed by atoms with Gasteiger partial charge in [0.25, 0.3) is 0 Å². The molecule has 1 heterocycles. The molecule has 1 aromatic rings. The summed E-state index contributed by atoms with van der Waals surface area (Å²) in [5.74, 6) is 0.336. The third-order valence-electron chi connectivity index (χ3n) is 3.06. The summed E-state index contributed by atoms with van der Waals surface area (Å²) in [6.07, 6.45) is 2.25. The average Bonchev–Trinajstić information content (AvgIpc) is 2.27. The summed E-state index contributed by atoms with van der Waals surface area (Å²) in [4.78, 5) is 0. The lowest BCUT2D eigenvalue weighted by molar-refractivity contribution is 0.217. The van der Waals surface area contributed by atoms with Crippen molar-refractivity contribution in [2.45, 2.75) is 25.8 Å². The van der Waals surface area contributed by atoms with Crippen LogP contribution in [-0.4, -0.2) is 17.8 Å². The van der Waals surface area contributed by atoms with Gasteiger partial charge in [0.15, 0.2) is 0 Å². The number of aryl methyl sites for hydroxylation is 1. The van der Waals surface area contributed by atoms with Crippen LogP contribution in [0.5, 0.6) is 0 Å². The van der Waals surface area contributed by atoms with E-state index in [4.69, 9.17) is 5.11 Å². The first-order valence-electron chi connectivity index (χ1n) is 5.26. The van der Waals surface area contributed by atoms with Crippen molar-refractivity contribution in [1.29, 1.82) is 0 Å². The number of hydrogen-bond donors (Lipinski definition) is 2. The van der Waals surface area contributed by atoms with E-state index in [0.717, 1.165) is 12.8 Å². The van der Waals surface area contributed by atoms with Gasteiger partial charge in [0, 0.05) is 18.3 Å². The van der Waals surface area contributed by atoms with Gasteiger partial charge in [-0.3, -0.25) is 0 Å². The summed E-state index contributed by atoms with van der Waals surface area (Å²) in [6.45, 7) is 2.35. The Morgan fingerprint density at radius 2 is 2.29 bits per heavy atom. The van der Waals surface area contributed by atoms with Gasteiger partial charge in [-0.25, -0.2) is 0 Å². The Bertz CT molecular complexity index is 311. The van der Waals surface area contributed by atoms with Gasteiger partial charge < -0.3 is 10.4 Å². The number of hydrogen-bond acceptors (Lipinski definition) is 2. The maximum absolute atomic E-state index is 9.10. The maximum atomic E-state index is 9.10. The molecule has 0 amide bonds. The highest BCUT2D eigenvalue weighted by molar-refractivity contribution is 5.53. The lowest BCUT2D eigenvalue weighted by Gasteiger charge is -2.30. The number of anilines is 1. The van der Waals surface area contributed by atoms with Gasteiger partial charge in [0.05, 0.1) is 0 Å². The summed E-state index contributed by atoms with van der Waals surface area (Å²) >= 11 is 0. The maximum Gasteiger partial charge on any atom is 0.0476 e. The molecule has 0 bridgehead atoms. The second-order valence-corrected chi connectivity index (χ2v) is 4.11. The van der Waals surface area contributed by atoms with E-state index in [9.17, 15) is 0 Å². The number of aliphatic hydroxyl groups excluding tert-OH is 1. The normalized spacial score (nSPS) is 22.3. The van der Waals surface area contributed by atoms with Crippen LogP contribution in [0.25, 0.3) is 0 Å². The molecule has 0 spiro atoms. The third kappa shape index (κ3) is 1.75. The first kappa shape index (κ1) is 9.53. The molecule has 1 aliphatic heterocycles. The monoisotopic (exact) mass is 191 g/mol. The Kier molecular flexibility index (Phi) is 2.73. The van der Waals surface area contributed by atoms with Gasteiger partial charge in [0.2, 0.25) is 0 Å². The van der Waals surface area contributed by atoms with Crippen LogP contribution in [0.1, 0.15) is 18.9 Å².